The zero-order chi connectivity index (χ0) is 21.8. The van der Waals surface area contributed by atoms with Crippen LogP contribution in [0.5, 0.6) is 0 Å². The van der Waals surface area contributed by atoms with Crippen molar-refractivity contribution in [1.82, 2.24) is 9.97 Å². The van der Waals surface area contributed by atoms with Gasteiger partial charge >= 0.3 is 0 Å². The monoisotopic (exact) mass is 428 g/mol. The first-order valence-electron chi connectivity index (χ1n) is 12.0. The summed E-state index contributed by atoms with van der Waals surface area (Å²) in [4.78, 5) is 8.85. The molecule has 2 atom stereocenters. The molecule has 1 aromatic heterocycles. The minimum Gasteiger partial charge on any atom is -0.370 e. The average Bonchev–Trinajstić information content (AvgIpc) is 2.82. The molecular weight excluding hydrogens is 394 g/mol. The van der Waals surface area contributed by atoms with Crippen LogP contribution in [-0.4, -0.2) is 16.6 Å². The Morgan fingerprint density at radius 1 is 0.903 bits per heavy atom. The fourth-order valence-electron chi connectivity index (χ4n) is 5.27. The van der Waals surface area contributed by atoms with Crippen LogP contribution in [0.3, 0.4) is 0 Å². The van der Waals surface area contributed by atoms with Crippen LogP contribution < -0.4 is 0 Å². The van der Waals surface area contributed by atoms with Gasteiger partial charge in [-0.05, 0) is 68.3 Å². The van der Waals surface area contributed by atoms with Gasteiger partial charge in [0.2, 0.25) is 0 Å². The quantitative estimate of drug-likeness (QED) is 0.482. The maximum Gasteiger partial charge on any atom is 0.167 e. The second-order valence-corrected chi connectivity index (χ2v) is 9.34. The van der Waals surface area contributed by atoms with Crippen LogP contribution in [0.15, 0.2) is 24.5 Å². The summed E-state index contributed by atoms with van der Waals surface area (Å²) in [5.74, 6) is 0.591. The lowest BCUT2D eigenvalue weighted by molar-refractivity contribution is -0.0240. The van der Waals surface area contributed by atoms with E-state index in [1.807, 2.05) is 0 Å². The van der Waals surface area contributed by atoms with E-state index in [0.29, 0.717) is 22.9 Å². The number of ether oxygens (including phenoxy) is 1. The smallest absolute Gasteiger partial charge is 0.167 e. The van der Waals surface area contributed by atoms with Crippen molar-refractivity contribution in [2.24, 2.45) is 11.8 Å². The van der Waals surface area contributed by atoms with Crippen molar-refractivity contribution in [3.63, 3.8) is 0 Å². The summed E-state index contributed by atoms with van der Waals surface area (Å²) in [6.45, 7) is 5.14. The van der Waals surface area contributed by atoms with E-state index in [1.165, 1.54) is 19.3 Å². The first kappa shape index (κ1) is 22.3. The van der Waals surface area contributed by atoms with Gasteiger partial charge in [0, 0.05) is 23.5 Å². The average molecular weight is 429 g/mol. The van der Waals surface area contributed by atoms with Crippen LogP contribution in [-0.2, 0) is 4.74 Å². The van der Waals surface area contributed by atoms with Gasteiger partial charge in [0.1, 0.15) is 6.10 Å². The minimum atomic E-state index is -0.789. The van der Waals surface area contributed by atoms with E-state index >= 15 is 0 Å². The van der Waals surface area contributed by atoms with Crippen molar-refractivity contribution in [3.05, 3.63) is 47.5 Å². The molecule has 0 spiro atoms. The van der Waals surface area contributed by atoms with Gasteiger partial charge in [-0.3, -0.25) is 0 Å². The lowest BCUT2D eigenvalue weighted by Crippen LogP contribution is -2.22. The Bertz CT molecular complexity index is 854. The molecule has 3 nitrogen and oxygen atoms in total. The van der Waals surface area contributed by atoms with Crippen molar-refractivity contribution >= 4 is 0 Å². The van der Waals surface area contributed by atoms with Crippen LogP contribution in [0, 0.1) is 23.5 Å². The van der Waals surface area contributed by atoms with Gasteiger partial charge in [-0.1, -0.05) is 38.8 Å². The summed E-state index contributed by atoms with van der Waals surface area (Å²) in [6, 6.07) is 3.45. The Kier molecular flexibility index (Phi) is 7.31. The number of nitrogens with zero attached hydrogens (tertiary/aromatic N) is 2. The molecule has 1 aromatic carbocycles. The molecule has 4 rings (SSSR count). The lowest BCUT2D eigenvalue weighted by atomic mass is 9.77. The first-order chi connectivity index (χ1) is 15.1. The van der Waals surface area contributed by atoms with Crippen molar-refractivity contribution < 1.29 is 13.5 Å². The van der Waals surface area contributed by atoms with Crippen molar-refractivity contribution in [2.45, 2.75) is 83.7 Å². The van der Waals surface area contributed by atoms with E-state index in [0.717, 1.165) is 51.0 Å². The normalized spacial score (nSPS) is 26.7. The largest absolute Gasteiger partial charge is 0.370 e. The molecule has 1 saturated carbocycles. The summed E-state index contributed by atoms with van der Waals surface area (Å²) in [5.41, 5.74) is 1.24. The van der Waals surface area contributed by atoms with E-state index in [9.17, 15) is 8.78 Å². The third-order valence-electron chi connectivity index (χ3n) is 7.31. The molecular formula is C26H34F2N2O. The first-order valence-corrected chi connectivity index (χ1v) is 12.0. The molecule has 168 valence electrons. The Morgan fingerprint density at radius 2 is 1.61 bits per heavy atom. The minimum absolute atomic E-state index is 0.107. The third kappa shape index (κ3) is 4.97. The highest BCUT2D eigenvalue weighted by Crippen LogP contribution is 2.39. The standard InChI is InChI=1S/C26H34F2N2O/c1-3-5-18-8-13-23(31-16-18)26-29-14-20(15-30-26)22-12-11-21(24(27)25(22)28)19-9-6-17(4-2)7-10-19/h11-12,14-15,17-19,23H,3-10,13,16H2,1-2H3. The second-order valence-electron chi connectivity index (χ2n) is 9.34. The van der Waals surface area contributed by atoms with Gasteiger partial charge in [-0.15, -0.1) is 0 Å². The number of hydrogen-bond donors (Lipinski definition) is 0. The molecule has 0 N–H and O–H groups in total. The van der Waals surface area contributed by atoms with E-state index < -0.39 is 11.6 Å². The van der Waals surface area contributed by atoms with Crippen molar-refractivity contribution in [1.29, 1.82) is 0 Å². The maximum atomic E-state index is 15.0. The Labute approximate surface area is 184 Å². The summed E-state index contributed by atoms with van der Waals surface area (Å²) >= 11 is 0. The number of benzene rings is 1. The van der Waals surface area contributed by atoms with Crippen LogP contribution in [0.25, 0.3) is 11.1 Å². The summed E-state index contributed by atoms with van der Waals surface area (Å²) in [7, 11) is 0. The molecule has 2 aromatic rings. The molecule has 1 saturated heterocycles. The second kappa shape index (κ2) is 10.2. The maximum absolute atomic E-state index is 15.0. The molecule has 1 aliphatic carbocycles. The Morgan fingerprint density at radius 3 is 2.23 bits per heavy atom. The Hall–Kier alpha value is -1.88. The third-order valence-corrected chi connectivity index (χ3v) is 7.31. The van der Waals surface area contributed by atoms with Gasteiger partial charge in [0.05, 0.1) is 6.61 Å². The number of halogens is 2. The number of rotatable bonds is 6. The molecule has 5 heteroatoms. The van der Waals surface area contributed by atoms with Crippen LogP contribution >= 0.6 is 0 Å². The SMILES string of the molecule is CCCC1CCC(c2ncc(-c3ccc(C4CCC(CC)CC4)c(F)c3F)cn2)OC1. The van der Waals surface area contributed by atoms with Crippen LogP contribution in [0.4, 0.5) is 8.78 Å². The van der Waals surface area contributed by atoms with Crippen LogP contribution in [0.2, 0.25) is 0 Å². The Balaban J connectivity index is 1.45. The van der Waals surface area contributed by atoms with Gasteiger partial charge in [0.25, 0.3) is 0 Å². The van der Waals surface area contributed by atoms with Crippen LogP contribution in [0.1, 0.15) is 95.0 Å². The fraction of sp³-hybridized carbons (Fsp3) is 0.615. The zero-order valence-electron chi connectivity index (χ0n) is 18.7. The van der Waals surface area contributed by atoms with E-state index in [1.54, 1.807) is 24.5 Å². The highest BCUT2D eigenvalue weighted by atomic mass is 19.2. The molecule has 2 heterocycles. The predicted octanol–water partition coefficient (Wildman–Crippen LogP) is 7.37. The molecule has 2 fully saturated rings. The number of aromatic nitrogens is 2. The summed E-state index contributed by atoms with van der Waals surface area (Å²) in [5, 5.41) is 0. The van der Waals surface area contributed by atoms with Gasteiger partial charge in [-0.25, -0.2) is 18.7 Å². The predicted molar refractivity (Wildman–Crippen MR) is 119 cm³/mol. The zero-order valence-corrected chi connectivity index (χ0v) is 18.7. The summed E-state index contributed by atoms with van der Waals surface area (Å²) < 4.78 is 35.9. The highest BCUT2D eigenvalue weighted by Gasteiger charge is 2.27. The van der Waals surface area contributed by atoms with Gasteiger partial charge in [0.15, 0.2) is 17.5 Å². The molecule has 0 bridgehead atoms. The highest BCUT2D eigenvalue weighted by molar-refractivity contribution is 5.63. The van der Waals surface area contributed by atoms with Crippen molar-refractivity contribution in [3.8, 4) is 11.1 Å². The molecule has 31 heavy (non-hydrogen) atoms. The van der Waals surface area contributed by atoms with Gasteiger partial charge in [-0.2, -0.15) is 0 Å². The molecule has 1 aliphatic heterocycles. The van der Waals surface area contributed by atoms with E-state index in [4.69, 9.17) is 4.74 Å². The lowest BCUT2D eigenvalue weighted by Gasteiger charge is -2.28. The molecule has 0 radical (unpaired) electrons. The molecule has 2 unspecified atom stereocenters. The van der Waals surface area contributed by atoms with Crippen molar-refractivity contribution in [2.75, 3.05) is 6.61 Å². The topological polar surface area (TPSA) is 35.0 Å². The molecule has 2 aliphatic rings. The van der Waals surface area contributed by atoms with E-state index in [-0.39, 0.29) is 17.6 Å². The summed E-state index contributed by atoms with van der Waals surface area (Å²) in [6.07, 6.45) is 12.7. The van der Waals surface area contributed by atoms with E-state index in [2.05, 4.69) is 23.8 Å². The molecule has 0 amide bonds. The van der Waals surface area contributed by atoms with Gasteiger partial charge < -0.3 is 4.74 Å². The number of hydrogen-bond acceptors (Lipinski definition) is 3. The fourth-order valence-corrected chi connectivity index (χ4v) is 5.27.